The number of rotatable bonds is 4. The molecule has 1 aliphatic heterocycles. The lowest BCUT2D eigenvalue weighted by Gasteiger charge is -2.34. The zero-order chi connectivity index (χ0) is 15.4. The van der Waals surface area contributed by atoms with Crippen LogP contribution in [-0.4, -0.2) is 42.5 Å². The lowest BCUT2D eigenvalue weighted by Crippen LogP contribution is -2.57. The highest BCUT2D eigenvalue weighted by Crippen LogP contribution is 2.25. The monoisotopic (exact) mass is 354 g/mol. The van der Waals surface area contributed by atoms with E-state index in [4.69, 9.17) is 4.74 Å². The summed E-state index contributed by atoms with van der Waals surface area (Å²) in [6.45, 7) is 4.84. The Hall–Kier alpha value is -1.56. The minimum absolute atomic E-state index is 0.0640. The highest BCUT2D eigenvalue weighted by Gasteiger charge is 2.31. The summed E-state index contributed by atoms with van der Waals surface area (Å²) >= 11 is 3.41. The highest BCUT2D eigenvalue weighted by atomic mass is 79.9. The Kier molecular flexibility index (Phi) is 5.22. The van der Waals surface area contributed by atoms with Crippen LogP contribution < -0.4 is 10.1 Å². The second-order valence-electron chi connectivity index (χ2n) is 5.02. The van der Waals surface area contributed by atoms with Crippen LogP contribution in [0.25, 0.3) is 0 Å². The maximum absolute atomic E-state index is 12.3. The van der Waals surface area contributed by atoms with Crippen LogP contribution in [0.5, 0.6) is 5.75 Å². The van der Waals surface area contributed by atoms with Gasteiger partial charge in [-0.25, -0.2) is 0 Å². The second kappa shape index (κ2) is 6.93. The first kappa shape index (κ1) is 15.8. The second-order valence-corrected chi connectivity index (χ2v) is 5.88. The van der Waals surface area contributed by atoms with Crippen LogP contribution in [0.1, 0.15) is 18.9 Å². The molecule has 0 aliphatic carbocycles. The molecule has 1 atom stereocenters. The van der Waals surface area contributed by atoms with E-state index in [1.807, 2.05) is 32.0 Å². The predicted octanol–water partition coefficient (Wildman–Crippen LogP) is 1.87. The van der Waals surface area contributed by atoms with Crippen molar-refractivity contribution in [3.05, 3.63) is 28.2 Å². The summed E-state index contributed by atoms with van der Waals surface area (Å²) in [4.78, 5) is 25.6. The van der Waals surface area contributed by atoms with E-state index in [0.717, 1.165) is 10.0 Å². The Labute approximate surface area is 132 Å². The first-order chi connectivity index (χ1) is 10.0. The van der Waals surface area contributed by atoms with Crippen molar-refractivity contribution < 1.29 is 14.3 Å². The summed E-state index contributed by atoms with van der Waals surface area (Å²) in [5.41, 5.74) is 1.11. The van der Waals surface area contributed by atoms with E-state index < -0.39 is 6.04 Å². The molecule has 1 aromatic carbocycles. The van der Waals surface area contributed by atoms with Crippen molar-refractivity contribution in [2.45, 2.75) is 26.3 Å². The van der Waals surface area contributed by atoms with Crippen molar-refractivity contribution in [3.8, 4) is 5.75 Å². The Bertz CT molecular complexity index is 548. The fraction of sp³-hybridized carbons (Fsp3) is 0.467. The predicted molar refractivity (Wildman–Crippen MR) is 83.2 cm³/mol. The highest BCUT2D eigenvalue weighted by molar-refractivity contribution is 9.10. The maximum Gasteiger partial charge on any atom is 0.261 e. The summed E-state index contributed by atoms with van der Waals surface area (Å²) in [5.74, 6) is 0.376. The number of benzene rings is 1. The average Bonchev–Trinajstić information content (AvgIpc) is 2.45. The summed E-state index contributed by atoms with van der Waals surface area (Å²) in [5, 5.41) is 2.78. The molecule has 1 aliphatic rings. The summed E-state index contributed by atoms with van der Waals surface area (Å²) in [6, 6.07) is 5.29. The van der Waals surface area contributed by atoms with E-state index in [-0.39, 0.29) is 18.4 Å². The van der Waals surface area contributed by atoms with E-state index in [1.54, 1.807) is 4.90 Å². The molecular formula is C15H19BrN2O3. The fourth-order valence-corrected chi connectivity index (χ4v) is 2.97. The van der Waals surface area contributed by atoms with Crippen LogP contribution in [0.15, 0.2) is 22.7 Å². The van der Waals surface area contributed by atoms with Crippen molar-refractivity contribution >= 4 is 27.7 Å². The number of nitrogens with one attached hydrogen (secondary N) is 1. The molecule has 1 heterocycles. The lowest BCUT2D eigenvalue weighted by molar-refractivity contribution is -0.144. The first-order valence-electron chi connectivity index (χ1n) is 6.99. The Morgan fingerprint density at radius 1 is 1.52 bits per heavy atom. The number of hydrogen-bond donors (Lipinski definition) is 1. The van der Waals surface area contributed by atoms with Gasteiger partial charge in [0.2, 0.25) is 5.91 Å². The van der Waals surface area contributed by atoms with Gasteiger partial charge in [-0.15, -0.1) is 0 Å². The van der Waals surface area contributed by atoms with Crippen LogP contribution in [0.2, 0.25) is 0 Å². The number of nitrogens with zero attached hydrogens (tertiary/aromatic N) is 1. The summed E-state index contributed by atoms with van der Waals surface area (Å²) in [7, 11) is 0. The van der Waals surface area contributed by atoms with Gasteiger partial charge in [0.05, 0.1) is 4.47 Å². The molecule has 2 rings (SSSR count). The van der Waals surface area contributed by atoms with Crippen molar-refractivity contribution in [2.75, 3.05) is 19.7 Å². The molecule has 1 N–H and O–H groups in total. The molecule has 0 saturated carbocycles. The molecule has 2 amide bonds. The van der Waals surface area contributed by atoms with Crippen LogP contribution in [0, 0.1) is 6.92 Å². The normalized spacial score (nSPS) is 18.3. The van der Waals surface area contributed by atoms with E-state index in [9.17, 15) is 9.59 Å². The first-order valence-corrected chi connectivity index (χ1v) is 7.78. The zero-order valence-electron chi connectivity index (χ0n) is 12.2. The molecule has 6 heteroatoms. The smallest absolute Gasteiger partial charge is 0.261 e. The molecule has 114 valence electrons. The number of amides is 2. The number of halogens is 1. The number of piperazine rings is 1. The summed E-state index contributed by atoms with van der Waals surface area (Å²) in [6.07, 6.45) is 0.603. The number of hydrogen-bond acceptors (Lipinski definition) is 3. The molecule has 21 heavy (non-hydrogen) atoms. The third-order valence-corrected chi connectivity index (χ3v) is 4.10. The van der Waals surface area contributed by atoms with Gasteiger partial charge >= 0.3 is 0 Å². The van der Waals surface area contributed by atoms with Crippen LogP contribution in [-0.2, 0) is 9.59 Å². The maximum atomic E-state index is 12.3. The van der Waals surface area contributed by atoms with Gasteiger partial charge in [0.1, 0.15) is 11.8 Å². The lowest BCUT2D eigenvalue weighted by atomic mass is 10.1. The molecule has 1 saturated heterocycles. The average molecular weight is 355 g/mol. The molecular weight excluding hydrogens is 336 g/mol. The van der Waals surface area contributed by atoms with Crippen molar-refractivity contribution in [1.29, 1.82) is 0 Å². The number of carbonyl (C=O) groups excluding carboxylic acids is 2. The third kappa shape index (κ3) is 3.75. The molecule has 0 aromatic heterocycles. The van der Waals surface area contributed by atoms with E-state index >= 15 is 0 Å². The van der Waals surface area contributed by atoms with Gasteiger partial charge in [-0.05, 0) is 47.0 Å². The molecule has 5 nitrogen and oxygen atoms in total. The van der Waals surface area contributed by atoms with E-state index in [0.29, 0.717) is 25.3 Å². The van der Waals surface area contributed by atoms with Gasteiger partial charge in [-0.1, -0.05) is 13.0 Å². The number of ether oxygens (including phenoxy) is 1. The van der Waals surface area contributed by atoms with Crippen molar-refractivity contribution in [1.82, 2.24) is 10.2 Å². The number of aryl methyl sites for hydroxylation is 1. The Morgan fingerprint density at radius 2 is 2.29 bits per heavy atom. The number of carbonyl (C=O) groups is 2. The van der Waals surface area contributed by atoms with Crippen LogP contribution >= 0.6 is 15.9 Å². The van der Waals surface area contributed by atoms with E-state index in [1.165, 1.54) is 0 Å². The minimum atomic E-state index is -0.392. The van der Waals surface area contributed by atoms with Gasteiger partial charge in [0.15, 0.2) is 6.61 Å². The van der Waals surface area contributed by atoms with Crippen molar-refractivity contribution in [3.63, 3.8) is 0 Å². The topological polar surface area (TPSA) is 58.6 Å². The standard InChI is InChI=1S/C15H19BrN2O3/c1-3-12-15(20)17-6-7-18(12)14(19)9-21-13-5-4-10(2)8-11(13)16/h4-5,8,12H,3,6-7,9H2,1-2H3,(H,17,20). The quantitative estimate of drug-likeness (QED) is 0.897. The molecule has 0 radical (unpaired) electrons. The van der Waals surface area contributed by atoms with Crippen LogP contribution in [0.3, 0.4) is 0 Å². The van der Waals surface area contributed by atoms with Gasteiger partial charge in [0, 0.05) is 13.1 Å². The van der Waals surface area contributed by atoms with E-state index in [2.05, 4.69) is 21.2 Å². The molecule has 0 bridgehead atoms. The summed E-state index contributed by atoms with van der Waals surface area (Å²) < 4.78 is 6.38. The fourth-order valence-electron chi connectivity index (χ4n) is 2.36. The Balaban J connectivity index is 1.99. The van der Waals surface area contributed by atoms with Gasteiger partial charge in [-0.3, -0.25) is 9.59 Å². The Morgan fingerprint density at radius 3 is 2.95 bits per heavy atom. The third-order valence-electron chi connectivity index (χ3n) is 3.48. The largest absolute Gasteiger partial charge is 0.483 e. The van der Waals surface area contributed by atoms with Crippen molar-refractivity contribution in [2.24, 2.45) is 0 Å². The zero-order valence-corrected chi connectivity index (χ0v) is 13.8. The molecule has 1 unspecified atom stereocenters. The molecule has 1 fully saturated rings. The van der Waals surface area contributed by atoms with Gasteiger partial charge in [0.25, 0.3) is 5.91 Å². The molecule has 1 aromatic rings. The van der Waals surface area contributed by atoms with Crippen LogP contribution in [0.4, 0.5) is 0 Å². The SMILES string of the molecule is CCC1C(=O)NCCN1C(=O)COc1ccc(C)cc1Br. The van der Waals surface area contributed by atoms with Gasteiger partial charge in [-0.2, -0.15) is 0 Å². The molecule has 0 spiro atoms. The minimum Gasteiger partial charge on any atom is -0.483 e. The van der Waals surface area contributed by atoms with Gasteiger partial charge < -0.3 is 15.0 Å².